The summed E-state index contributed by atoms with van der Waals surface area (Å²) in [5.74, 6) is -0.869. The van der Waals surface area contributed by atoms with Gasteiger partial charge in [0.2, 0.25) is 0 Å². The predicted octanol–water partition coefficient (Wildman–Crippen LogP) is 4.00. The summed E-state index contributed by atoms with van der Waals surface area (Å²) in [7, 11) is 0. The lowest BCUT2D eigenvalue weighted by Gasteiger charge is -2.21. The monoisotopic (exact) mass is 342 g/mol. The Bertz CT molecular complexity index is 543. The molecule has 1 aromatic rings. The number of nitro benzene ring substituents is 1. The van der Waals surface area contributed by atoms with Crippen LogP contribution in [0, 0.1) is 15.9 Å². The Morgan fingerprint density at radius 1 is 1.37 bits per heavy atom. The molecule has 1 saturated carbocycles. The first-order valence-electron chi connectivity index (χ1n) is 5.15. The third-order valence-corrected chi connectivity index (χ3v) is 3.51. The normalized spacial score (nSPS) is 17.1. The molecular weight excluding hydrogens is 336 g/mol. The number of halogens is 5. The van der Waals surface area contributed by atoms with Crippen molar-refractivity contribution in [1.29, 1.82) is 0 Å². The Kier molecular flexibility index (Phi) is 3.20. The molecule has 0 aliphatic heterocycles. The summed E-state index contributed by atoms with van der Waals surface area (Å²) in [5, 5.41) is 12.8. The summed E-state index contributed by atoms with van der Waals surface area (Å²) in [5.41, 5.74) is -3.26. The van der Waals surface area contributed by atoms with Gasteiger partial charge in [0.05, 0.1) is 9.40 Å². The maximum Gasteiger partial charge on any atom is 0.411 e. The molecule has 4 nitrogen and oxygen atoms in total. The first-order chi connectivity index (χ1) is 8.66. The second kappa shape index (κ2) is 4.32. The van der Waals surface area contributed by atoms with Crippen LogP contribution in [0.5, 0.6) is 0 Å². The summed E-state index contributed by atoms with van der Waals surface area (Å²) in [6, 6.07) is 1.53. The molecule has 0 amide bonds. The third kappa shape index (κ3) is 2.51. The van der Waals surface area contributed by atoms with Crippen molar-refractivity contribution < 1.29 is 22.5 Å². The zero-order valence-electron chi connectivity index (χ0n) is 9.22. The van der Waals surface area contributed by atoms with Crippen LogP contribution in [0.1, 0.15) is 12.8 Å². The van der Waals surface area contributed by atoms with Crippen LogP contribution in [0.15, 0.2) is 16.6 Å². The highest BCUT2D eigenvalue weighted by molar-refractivity contribution is 9.10. The Morgan fingerprint density at radius 3 is 2.37 bits per heavy atom. The SMILES string of the molecule is O=[N+]([O-])c1cc(Br)c(F)cc1NC1(C(F)(F)F)CC1. The third-order valence-electron chi connectivity index (χ3n) is 2.90. The second-order valence-electron chi connectivity index (χ2n) is 4.25. The smallest absolute Gasteiger partial charge is 0.366 e. The molecule has 0 spiro atoms. The van der Waals surface area contributed by atoms with E-state index in [2.05, 4.69) is 21.2 Å². The second-order valence-corrected chi connectivity index (χ2v) is 5.10. The van der Waals surface area contributed by atoms with Crippen LogP contribution in [0.4, 0.5) is 28.9 Å². The van der Waals surface area contributed by atoms with Gasteiger partial charge in [-0.1, -0.05) is 0 Å². The van der Waals surface area contributed by atoms with Gasteiger partial charge in [-0.3, -0.25) is 10.1 Å². The molecule has 1 N–H and O–H groups in total. The zero-order chi connectivity index (χ0) is 14.4. The van der Waals surface area contributed by atoms with Gasteiger partial charge in [0.25, 0.3) is 5.69 Å². The number of nitrogens with zero attached hydrogens (tertiary/aromatic N) is 1. The molecular formula is C10H7BrF4N2O2. The van der Waals surface area contributed by atoms with Crippen molar-refractivity contribution in [1.82, 2.24) is 0 Å². The van der Waals surface area contributed by atoms with Gasteiger partial charge in [-0.25, -0.2) is 4.39 Å². The molecule has 9 heteroatoms. The molecule has 0 bridgehead atoms. The van der Waals surface area contributed by atoms with E-state index in [1.54, 1.807) is 0 Å². The summed E-state index contributed by atoms with van der Waals surface area (Å²) >= 11 is 2.75. The van der Waals surface area contributed by atoms with Crippen molar-refractivity contribution in [2.45, 2.75) is 24.6 Å². The van der Waals surface area contributed by atoms with Gasteiger partial charge < -0.3 is 5.32 Å². The van der Waals surface area contributed by atoms with E-state index in [1.165, 1.54) is 0 Å². The number of anilines is 1. The summed E-state index contributed by atoms with van der Waals surface area (Å²) in [4.78, 5) is 9.92. The fourth-order valence-corrected chi connectivity index (χ4v) is 1.98. The number of nitrogens with one attached hydrogen (secondary N) is 1. The molecule has 0 radical (unpaired) electrons. The van der Waals surface area contributed by atoms with E-state index < -0.39 is 33.8 Å². The highest BCUT2D eigenvalue weighted by Gasteiger charge is 2.64. The first kappa shape index (κ1) is 14.0. The van der Waals surface area contributed by atoms with Crippen LogP contribution in [0.2, 0.25) is 0 Å². The molecule has 19 heavy (non-hydrogen) atoms. The van der Waals surface area contributed by atoms with Gasteiger partial charge in [-0.15, -0.1) is 0 Å². The van der Waals surface area contributed by atoms with Crippen LogP contribution in [-0.2, 0) is 0 Å². The Labute approximate surface area is 113 Å². The van der Waals surface area contributed by atoms with E-state index in [0.717, 1.165) is 6.07 Å². The average Bonchev–Trinajstić information content (AvgIpc) is 3.03. The van der Waals surface area contributed by atoms with Crippen molar-refractivity contribution in [3.8, 4) is 0 Å². The van der Waals surface area contributed by atoms with E-state index in [4.69, 9.17) is 0 Å². The molecule has 0 unspecified atom stereocenters. The Balaban J connectivity index is 2.40. The van der Waals surface area contributed by atoms with E-state index in [9.17, 15) is 27.7 Å². The lowest BCUT2D eigenvalue weighted by atomic mass is 10.2. The van der Waals surface area contributed by atoms with Crippen LogP contribution in [0.3, 0.4) is 0 Å². The lowest BCUT2D eigenvalue weighted by Crippen LogP contribution is -2.38. The van der Waals surface area contributed by atoms with E-state index in [0.29, 0.717) is 6.07 Å². The number of benzene rings is 1. The van der Waals surface area contributed by atoms with Crippen molar-refractivity contribution in [3.05, 3.63) is 32.5 Å². The van der Waals surface area contributed by atoms with Crippen molar-refractivity contribution in [3.63, 3.8) is 0 Å². The number of hydrogen-bond donors (Lipinski definition) is 1. The number of hydrogen-bond acceptors (Lipinski definition) is 3. The molecule has 1 fully saturated rings. The van der Waals surface area contributed by atoms with Gasteiger partial charge in [0.15, 0.2) is 0 Å². The zero-order valence-corrected chi connectivity index (χ0v) is 10.8. The summed E-state index contributed by atoms with van der Waals surface area (Å²) < 4.78 is 51.4. The largest absolute Gasteiger partial charge is 0.411 e. The Hall–Kier alpha value is -1.38. The van der Waals surface area contributed by atoms with Crippen LogP contribution in [-0.4, -0.2) is 16.6 Å². The standard InChI is InChI=1S/C10H7BrF4N2O2/c11-5-3-8(17(18)19)7(4-6(5)12)16-9(1-2-9)10(13,14)15/h3-4,16H,1-2H2. The summed E-state index contributed by atoms with van der Waals surface area (Å²) in [6.45, 7) is 0. The van der Waals surface area contributed by atoms with Crippen molar-refractivity contribution >= 4 is 27.3 Å². The lowest BCUT2D eigenvalue weighted by molar-refractivity contribution is -0.384. The number of nitro groups is 1. The fraction of sp³-hybridized carbons (Fsp3) is 0.400. The topological polar surface area (TPSA) is 55.2 Å². The minimum atomic E-state index is -4.54. The van der Waals surface area contributed by atoms with Gasteiger partial charge in [0, 0.05) is 12.1 Å². The van der Waals surface area contributed by atoms with Crippen molar-refractivity contribution in [2.75, 3.05) is 5.32 Å². The fourth-order valence-electron chi connectivity index (χ4n) is 1.65. The molecule has 0 saturated heterocycles. The van der Waals surface area contributed by atoms with Crippen molar-refractivity contribution in [2.24, 2.45) is 0 Å². The van der Waals surface area contributed by atoms with E-state index in [1.807, 2.05) is 0 Å². The molecule has 0 heterocycles. The van der Waals surface area contributed by atoms with Gasteiger partial charge in [0.1, 0.15) is 17.0 Å². The molecule has 2 rings (SSSR count). The molecule has 0 atom stereocenters. The molecule has 0 aromatic heterocycles. The minimum Gasteiger partial charge on any atom is -0.366 e. The van der Waals surface area contributed by atoms with Gasteiger partial charge in [-0.05, 0) is 28.8 Å². The van der Waals surface area contributed by atoms with Crippen LogP contribution in [0.25, 0.3) is 0 Å². The predicted molar refractivity (Wildman–Crippen MR) is 62.4 cm³/mol. The highest BCUT2D eigenvalue weighted by Crippen LogP contribution is 2.52. The molecule has 1 aliphatic carbocycles. The maximum atomic E-state index is 13.3. The number of alkyl halides is 3. The Morgan fingerprint density at radius 2 is 1.95 bits per heavy atom. The number of rotatable bonds is 3. The van der Waals surface area contributed by atoms with Crippen LogP contribution < -0.4 is 5.32 Å². The van der Waals surface area contributed by atoms with E-state index in [-0.39, 0.29) is 17.3 Å². The average molecular weight is 343 g/mol. The molecule has 1 aliphatic rings. The quantitative estimate of drug-likeness (QED) is 0.513. The molecule has 104 valence electrons. The van der Waals surface area contributed by atoms with Gasteiger partial charge >= 0.3 is 6.18 Å². The summed E-state index contributed by atoms with van der Waals surface area (Å²) in [6.07, 6.45) is -4.92. The maximum absolute atomic E-state index is 13.3. The highest BCUT2D eigenvalue weighted by atomic mass is 79.9. The molecule has 1 aromatic carbocycles. The first-order valence-corrected chi connectivity index (χ1v) is 5.94. The minimum absolute atomic E-state index is 0.179. The van der Waals surface area contributed by atoms with Crippen LogP contribution >= 0.6 is 15.9 Å². The van der Waals surface area contributed by atoms with E-state index >= 15 is 0 Å². The van der Waals surface area contributed by atoms with Gasteiger partial charge in [-0.2, -0.15) is 13.2 Å².